The predicted octanol–water partition coefficient (Wildman–Crippen LogP) is 4.56. The summed E-state index contributed by atoms with van der Waals surface area (Å²) >= 11 is 0. The highest BCUT2D eigenvalue weighted by atomic mass is 31.1. The molecule has 0 amide bonds. The van der Waals surface area contributed by atoms with Crippen LogP contribution in [0.15, 0.2) is 48.5 Å². The molecule has 0 aliphatic rings. The van der Waals surface area contributed by atoms with Crippen LogP contribution >= 0.6 is 8.58 Å². The number of hydrogen-bond acceptors (Lipinski definition) is 0. The Hall–Kier alpha value is -1.13. The molecule has 0 saturated heterocycles. The van der Waals surface area contributed by atoms with Gasteiger partial charge in [-0.25, -0.2) is 0 Å². The normalized spacial score (nSPS) is 11.3. The Labute approximate surface area is 119 Å². The van der Waals surface area contributed by atoms with E-state index in [1.54, 1.807) is 0 Å². The second kappa shape index (κ2) is 6.35. The molecular weight excluding hydrogens is 247 g/mol. The Morgan fingerprint density at radius 1 is 0.684 bits per heavy atom. The molecule has 0 radical (unpaired) electrons. The van der Waals surface area contributed by atoms with Gasteiger partial charge in [0.2, 0.25) is 0 Å². The fraction of sp³-hybridized carbons (Fsp3) is 0.333. The monoisotopic (exact) mass is 270 g/mol. The van der Waals surface area contributed by atoms with Crippen LogP contribution in [0.2, 0.25) is 0 Å². The fourth-order valence-corrected chi connectivity index (χ4v) is 3.29. The third kappa shape index (κ3) is 3.91. The molecule has 0 N–H and O–H groups in total. The van der Waals surface area contributed by atoms with E-state index >= 15 is 0 Å². The van der Waals surface area contributed by atoms with Crippen molar-refractivity contribution in [2.24, 2.45) is 0 Å². The topological polar surface area (TPSA) is 0 Å². The molecule has 2 aromatic rings. The van der Waals surface area contributed by atoms with Gasteiger partial charge in [0.05, 0.1) is 0 Å². The molecule has 1 heteroatoms. The largest absolute Gasteiger partial charge is 0.0613 e. The zero-order valence-corrected chi connectivity index (χ0v) is 13.3. The third-order valence-corrected chi connectivity index (χ3v) is 4.59. The molecule has 0 unspecified atom stereocenters. The summed E-state index contributed by atoms with van der Waals surface area (Å²) in [7, 11) is 0.755. The van der Waals surface area contributed by atoms with Gasteiger partial charge in [0.25, 0.3) is 0 Å². The zero-order chi connectivity index (χ0) is 13.8. The second-order valence-corrected chi connectivity index (χ2v) is 7.09. The van der Waals surface area contributed by atoms with Gasteiger partial charge in [0.1, 0.15) is 0 Å². The lowest BCUT2D eigenvalue weighted by Crippen LogP contribution is -2.06. The van der Waals surface area contributed by atoms with Crippen LogP contribution in [0, 0.1) is 0 Å². The summed E-state index contributed by atoms with van der Waals surface area (Å²) in [5.41, 5.74) is 2.87. The van der Waals surface area contributed by atoms with Gasteiger partial charge in [-0.1, -0.05) is 84.8 Å². The highest BCUT2D eigenvalue weighted by Gasteiger charge is 2.03. The van der Waals surface area contributed by atoms with E-state index in [1.165, 1.54) is 21.7 Å². The van der Waals surface area contributed by atoms with Crippen molar-refractivity contribution >= 4 is 19.2 Å². The van der Waals surface area contributed by atoms with Crippen molar-refractivity contribution in [2.75, 3.05) is 0 Å². The van der Waals surface area contributed by atoms with E-state index in [0.29, 0.717) is 11.8 Å². The summed E-state index contributed by atoms with van der Waals surface area (Å²) in [6.07, 6.45) is 0. The summed E-state index contributed by atoms with van der Waals surface area (Å²) < 4.78 is 0. The zero-order valence-electron chi connectivity index (χ0n) is 12.3. The number of hydrogen-bond donors (Lipinski definition) is 0. The second-order valence-electron chi connectivity index (χ2n) is 5.69. The molecule has 0 aromatic heterocycles. The third-order valence-electron chi connectivity index (χ3n) is 3.40. The minimum absolute atomic E-state index is 0.603. The van der Waals surface area contributed by atoms with Gasteiger partial charge < -0.3 is 0 Å². The van der Waals surface area contributed by atoms with Gasteiger partial charge >= 0.3 is 0 Å². The first-order chi connectivity index (χ1) is 9.06. The molecule has 0 atom stereocenters. The molecular formula is C18H23P. The Kier molecular flexibility index (Phi) is 4.77. The Balaban J connectivity index is 2.21. The molecule has 2 rings (SSSR count). The number of benzene rings is 2. The average Bonchev–Trinajstić information content (AvgIpc) is 2.39. The first-order valence-electron chi connectivity index (χ1n) is 7.03. The first kappa shape index (κ1) is 14.3. The van der Waals surface area contributed by atoms with Gasteiger partial charge in [-0.05, 0) is 33.6 Å². The SMILES string of the molecule is CC(C)c1cccc(Pc2cccc(C(C)C)c2)c1. The van der Waals surface area contributed by atoms with Crippen LogP contribution in [0.25, 0.3) is 0 Å². The maximum atomic E-state index is 2.35. The molecule has 2 aromatic carbocycles. The first-order valence-corrected chi connectivity index (χ1v) is 8.03. The van der Waals surface area contributed by atoms with Crippen molar-refractivity contribution in [1.82, 2.24) is 0 Å². The molecule has 0 fully saturated rings. The van der Waals surface area contributed by atoms with Crippen molar-refractivity contribution in [2.45, 2.75) is 39.5 Å². The molecule has 0 spiro atoms. The van der Waals surface area contributed by atoms with E-state index in [4.69, 9.17) is 0 Å². The summed E-state index contributed by atoms with van der Waals surface area (Å²) in [6.45, 7) is 9.01. The average molecular weight is 270 g/mol. The minimum Gasteiger partial charge on any atom is -0.0613 e. The molecule has 0 heterocycles. The van der Waals surface area contributed by atoms with Gasteiger partial charge in [0.15, 0.2) is 0 Å². The van der Waals surface area contributed by atoms with Crippen molar-refractivity contribution in [3.63, 3.8) is 0 Å². The fourth-order valence-electron chi connectivity index (χ4n) is 2.12. The lowest BCUT2D eigenvalue weighted by molar-refractivity contribution is 0.868. The van der Waals surface area contributed by atoms with Crippen LogP contribution in [0.3, 0.4) is 0 Å². The maximum Gasteiger partial charge on any atom is -0.0219 e. The molecule has 0 aliphatic heterocycles. The Morgan fingerprint density at radius 3 is 1.47 bits per heavy atom. The molecule has 0 aliphatic carbocycles. The highest BCUT2D eigenvalue weighted by molar-refractivity contribution is 7.55. The van der Waals surface area contributed by atoms with Gasteiger partial charge in [-0.15, -0.1) is 0 Å². The van der Waals surface area contributed by atoms with Crippen LogP contribution in [0.1, 0.15) is 50.7 Å². The van der Waals surface area contributed by atoms with E-state index in [-0.39, 0.29) is 0 Å². The van der Waals surface area contributed by atoms with Gasteiger partial charge in [0, 0.05) is 0 Å². The minimum atomic E-state index is 0.603. The molecule has 19 heavy (non-hydrogen) atoms. The van der Waals surface area contributed by atoms with Crippen LogP contribution in [-0.2, 0) is 0 Å². The Bertz CT molecular complexity index is 491. The summed E-state index contributed by atoms with van der Waals surface area (Å²) in [6, 6.07) is 18.0. The van der Waals surface area contributed by atoms with E-state index in [9.17, 15) is 0 Å². The maximum absolute atomic E-state index is 2.35. The lowest BCUT2D eigenvalue weighted by atomic mass is 10.0. The van der Waals surface area contributed by atoms with Gasteiger partial charge in [-0.2, -0.15) is 0 Å². The van der Waals surface area contributed by atoms with E-state index in [2.05, 4.69) is 76.2 Å². The standard InChI is InChI=1S/C18H23P/c1-13(2)15-7-5-9-17(11-15)19-18-10-6-8-16(12-18)14(3)4/h5-14,19H,1-4H3. The van der Waals surface area contributed by atoms with E-state index < -0.39 is 0 Å². The summed E-state index contributed by atoms with van der Waals surface area (Å²) in [5, 5.41) is 2.87. The molecule has 0 bridgehead atoms. The van der Waals surface area contributed by atoms with Crippen LogP contribution in [0.4, 0.5) is 0 Å². The number of rotatable bonds is 4. The van der Waals surface area contributed by atoms with Crippen LogP contribution in [-0.4, -0.2) is 0 Å². The molecule has 0 nitrogen and oxygen atoms in total. The van der Waals surface area contributed by atoms with Crippen molar-refractivity contribution < 1.29 is 0 Å². The quantitative estimate of drug-likeness (QED) is 0.714. The van der Waals surface area contributed by atoms with Crippen molar-refractivity contribution in [3.05, 3.63) is 59.7 Å². The molecule has 0 saturated carbocycles. The highest BCUT2D eigenvalue weighted by Crippen LogP contribution is 2.19. The van der Waals surface area contributed by atoms with Crippen LogP contribution < -0.4 is 10.6 Å². The Morgan fingerprint density at radius 2 is 1.11 bits per heavy atom. The van der Waals surface area contributed by atoms with Gasteiger partial charge in [-0.3, -0.25) is 0 Å². The lowest BCUT2D eigenvalue weighted by Gasteiger charge is -2.10. The predicted molar refractivity (Wildman–Crippen MR) is 88.6 cm³/mol. The summed E-state index contributed by atoms with van der Waals surface area (Å²) in [5.74, 6) is 1.21. The van der Waals surface area contributed by atoms with E-state index in [1.807, 2.05) is 0 Å². The van der Waals surface area contributed by atoms with Crippen molar-refractivity contribution in [3.8, 4) is 0 Å². The van der Waals surface area contributed by atoms with Crippen LogP contribution in [0.5, 0.6) is 0 Å². The van der Waals surface area contributed by atoms with Crippen molar-refractivity contribution in [1.29, 1.82) is 0 Å². The molecule has 100 valence electrons. The summed E-state index contributed by atoms with van der Waals surface area (Å²) in [4.78, 5) is 0. The van der Waals surface area contributed by atoms with E-state index in [0.717, 1.165) is 8.58 Å². The smallest absolute Gasteiger partial charge is 0.0219 e.